The molecule has 0 unspecified atom stereocenters. The Kier molecular flexibility index (Phi) is 4.33. The summed E-state index contributed by atoms with van der Waals surface area (Å²) in [6.45, 7) is 2.98. The summed E-state index contributed by atoms with van der Waals surface area (Å²) in [5.41, 5.74) is 2.02. The number of carbonyl (C=O) groups excluding carboxylic acids is 1. The number of rotatable bonds is 3. The molecule has 2 aliphatic heterocycles. The molecule has 4 rings (SSSR count). The van der Waals surface area contributed by atoms with Crippen LogP contribution in [0.3, 0.4) is 0 Å². The quantitative estimate of drug-likeness (QED) is 0.846. The van der Waals surface area contributed by atoms with Crippen LogP contribution in [0.1, 0.15) is 30.9 Å². The van der Waals surface area contributed by atoms with Gasteiger partial charge in [-0.15, -0.1) is 0 Å². The standard InChI is InChI=1S/C18H25N5O2/c1-21(2)17-16-3-7-19-23(16)12-15(20-17)14-4-8-22(11-14)18(24)13-5-9-25-10-6-13/h3,7,12-14H,4-6,8-11H2,1-2H3/t14-/m1/s1. The lowest BCUT2D eigenvalue weighted by Gasteiger charge is -2.26. The van der Waals surface area contributed by atoms with Gasteiger partial charge in [0.15, 0.2) is 5.82 Å². The summed E-state index contributed by atoms with van der Waals surface area (Å²) in [5.74, 6) is 1.62. The van der Waals surface area contributed by atoms with Gasteiger partial charge < -0.3 is 14.5 Å². The van der Waals surface area contributed by atoms with Gasteiger partial charge in [0.05, 0.1) is 18.1 Å². The molecule has 4 heterocycles. The second-order valence-electron chi connectivity index (χ2n) is 7.20. The number of hydrogen-bond donors (Lipinski definition) is 0. The van der Waals surface area contributed by atoms with E-state index in [-0.39, 0.29) is 11.8 Å². The molecular weight excluding hydrogens is 318 g/mol. The van der Waals surface area contributed by atoms with Gasteiger partial charge in [-0.05, 0) is 25.3 Å². The molecule has 0 saturated carbocycles. The average Bonchev–Trinajstić information content (AvgIpc) is 3.30. The molecule has 2 aromatic rings. The summed E-state index contributed by atoms with van der Waals surface area (Å²) in [5, 5.41) is 4.38. The Morgan fingerprint density at radius 2 is 2.08 bits per heavy atom. The van der Waals surface area contributed by atoms with Crippen LogP contribution in [0.2, 0.25) is 0 Å². The van der Waals surface area contributed by atoms with Crippen LogP contribution in [0.15, 0.2) is 18.5 Å². The first-order valence-corrected chi connectivity index (χ1v) is 9.01. The molecule has 2 aromatic heterocycles. The van der Waals surface area contributed by atoms with Crippen molar-refractivity contribution in [3.63, 3.8) is 0 Å². The molecule has 0 N–H and O–H groups in total. The summed E-state index contributed by atoms with van der Waals surface area (Å²) >= 11 is 0. The molecule has 2 aliphatic rings. The number of aromatic nitrogens is 3. The molecule has 0 radical (unpaired) electrons. The van der Waals surface area contributed by atoms with Crippen molar-refractivity contribution < 1.29 is 9.53 Å². The van der Waals surface area contributed by atoms with Crippen molar-refractivity contribution in [2.45, 2.75) is 25.2 Å². The summed E-state index contributed by atoms with van der Waals surface area (Å²) in [7, 11) is 3.99. The van der Waals surface area contributed by atoms with Crippen molar-refractivity contribution >= 4 is 17.2 Å². The molecule has 0 aromatic carbocycles. The Morgan fingerprint density at radius 3 is 2.84 bits per heavy atom. The molecule has 25 heavy (non-hydrogen) atoms. The molecular formula is C18H25N5O2. The van der Waals surface area contributed by atoms with Gasteiger partial charge >= 0.3 is 0 Å². The molecule has 7 nitrogen and oxygen atoms in total. The Labute approximate surface area is 147 Å². The fraction of sp³-hybridized carbons (Fsp3) is 0.611. The van der Waals surface area contributed by atoms with Crippen molar-refractivity contribution in [3.8, 4) is 0 Å². The zero-order valence-corrected chi connectivity index (χ0v) is 14.9. The lowest BCUT2D eigenvalue weighted by Crippen LogP contribution is -2.37. The lowest BCUT2D eigenvalue weighted by atomic mass is 9.99. The minimum Gasteiger partial charge on any atom is -0.381 e. The zero-order valence-electron chi connectivity index (χ0n) is 14.9. The number of anilines is 1. The average molecular weight is 343 g/mol. The highest BCUT2D eigenvalue weighted by Crippen LogP contribution is 2.30. The highest BCUT2D eigenvalue weighted by molar-refractivity contribution is 5.79. The van der Waals surface area contributed by atoms with Crippen LogP contribution in [-0.4, -0.2) is 65.8 Å². The van der Waals surface area contributed by atoms with Gasteiger partial charge in [-0.1, -0.05) is 0 Å². The molecule has 0 spiro atoms. The van der Waals surface area contributed by atoms with Crippen molar-refractivity contribution in [2.24, 2.45) is 5.92 Å². The second-order valence-corrected chi connectivity index (χ2v) is 7.20. The molecule has 0 bridgehead atoms. The first-order chi connectivity index (χ1) is 12.1. The number of nitrogens with zero attached hydrogens (tertiary/aromatic N) is 5. The number of amides is 1. The third-order valence-electron chi connectivity index (χ3n) is 5.30. The highest BCUT2D eigenvalue weighted by atomic mass is 16.5. The van der Waals surface area contributed by atoms with Crippen LogP contribution in [0.4, 0.5) is 5.82 Å². The van der Waals surface area contributed by atoms with Crippen molar-refractivity contribution in [2.75, 3.05) is 45.3 Å². The van der Waals surface area contributed by atoms with E-state index in [0.717, 1.165) is 49.4 Å². The minimum atomic E-state index is 0.131. The zero-order chi connectivity index (χ0) is 17.4. The van der Waals surface area contributed by atoms with E-state index in [1.807, 2.05) is 40.7 Å². The Balaban J connectivity index is 1.53. The first kappa shape index (κ1) is 16.3. The third kappa shape index (κ3) is 3.08. The molecule has 2 fully saturated rings. The summed E-state index contributed by atoms with van der Waals surface area (Å²) in [6.07, 6.45) is 6.46. The van der Waals surface area contributed by atoms with E-state index in [1.54, 1.807) is 6.20 Å². The fourth-order valence-electron chi connectivity index (χ4n) is 3.86. The number of carbonyl (C=O) groups is 1. The van der Waals surface area contributed by atoms with Crippen molar-refractivity contribution in [1.82, 2.24) is 19.5 Å². The van der Waals surface area contributed by atoms with Crippen LogP contribution in [0, 0.1) is 5.92 Å². The number of fused-ring (bicyclic) bond motifs is 1. The van der Waals surface area contributed by atoms with E-state index in [9.17, 15) is 4.79 Å². The number of hydrogen-bond acceptors (Lipinski definition) is 5. The maximum absolute atomic E-state index is 12.7. The molecule has 0 aliphatic carbocycles. The van der Waals surface area contributed by atoms with Gasteiger partial charge in [0.1, 0.15) is 5.52 Å². The van der Waals surface area contributed by atoms with E-state index in [2.05, 4.69) is 5.10 Å². The fourth-order valence-corrected chi connectivity index (χ4v) is 3.86. The first-order valence-electron chi connectivity index (χ1n) is 9.01. The third-order valence-corrected chi connectivity index (χ3v) is 5.30. The molecule has 7 heteroatoms. The van der Waals surface area contributed by atoms with Gasteiger partial charge in [-0.2, -0.15) is 5.10 Å². The van der Waals surface area contributed by atoms with Gasteiger partial charge in [-0.25, -0.2) is 9.50 Å². The van der Waals surface area contributed by atoms with Gasteiger partial charge in [0.25, 0.3) is 0 Å². The number of ether oxygens (including phenoxy) is 1. The van der Waals surface area contributed by atoms with Crippen LogP contribution >= 0.6 is 0 Å². The Morgan fingerprint density at radius 1 is 1.28 bits per heavy atom. The van der Waals surface area contributed by atoms with E-state index in [4.69, 9.17) is 9.72 Å². The number of likely N-dealkylation sites (tertiary alicyclic amines) is 1. The van der Waals surface area contributed by atoms with E-state index in [1.165, 1.54) is 0 Å². The topological polar surface area (TPSA) is 63.0 Å². The predicted molar refractivity (Wildman–Crippen MR) is 94.8 cm³/mol. The maximum atomic E-state index is 12.7. The van der Waals surface area contributed by atoms with Crippen molar-refractivity contribution in [3.05, 3.63) is 24.2 Å². The van der Waals surface area contributed by atoms with Crippen LogP contribution in [0.25, 0.3) is 5.52 Å². The lowest BCUT2D eigenvalue weighted by molar-refractivity contribution is -0.137. The van der Waals surface area contributed by atoms with Gasteiger partial charge in [0, 0.05) is 52.2 Å². The van der Waals surface area contributed by atoms with E-state index < -0.39 is 0 Å². The minimum absolute atomic E-state index is 0.131. The molecule has 2 saturated heterocycles. The highest BCUT2D eigenvalue weighted by Gasteiger charge is 2.33. The summed E-state index contributed by atoms with van der Waals surface area (Å²) < 4.78 is 7.27. The van der Waals surface area contributed by atoms with Crippen LogP contribution < -0.4 is 4.90 Å². The van der Waals surface area contributed by atoms with Crippen molar-refractivity contribution in [1.29, 1.82) is 0 Å². The Bertz CT molecular complexity index is 766. The van der Waals surface area contributed by atoms with E-state index in [0.29, 0.717) is 19.1 Å². The van der Waals surface area contributed by atoms with E-state index >= 15 is 0 Å². The molecule has 1 atom stereocenters. The second kappa shape index (κ2) is 6.63. The van der Waals surface area contributed by atoms with Crippen LogP contribution in [-0.2, 0) is 9.53 Å². The SMILES string of the molecule is CN(C)c1nc([C@@H]2CCN(C(=O)C3CCOCC3)C2)cn2nccc12. The van der Waals surface area contributed by atoms with Gasteiger partial charge in [-0.3, -0.25) is 4.79 Å². The largest absolute Gasteiger partial charge is 0.381 e. The normalized spacial score (nSPS) is 21.8. The Hall–Kier alpha value is -2.15. The predicted octanol–water partition coefficient (Wildman–Crippen LogP) is 1.54. The monoisotopic (exact) mass is 343 g/mol. The van der Waals surface area contributed by atoms with Gasteiger partial charge in [0.2, 0.25) is 5.91 Å². The molecule has 1 amide bonds. The summed E-state index contributed by atoms with van der Waals surface area (Å²) in [6, 6.07) is 1.97. The summed E-state index contributed by atoms with van der Waals surface area (Å²) in [4.78, 5) is 21.6. The molecule has 134 valence electrons. The smallest absolute Gasteiger partial charge is 0.225 e. The van der Waals surface area contributed by atoms with Crippen LogP contribution in [0.5, 0.6) is 0 Å². The maximum Gasteiger partial charge on any atom is 0.225 e.